The van der Waals surface area contributed by atoms with Crippen molar-refractivity contribution in [3.05, 3.63) is 35.4 Å². The number of rotatable bonds is 4. The summed E-state index contributed by atoms with van der Waals surface area (Å²) in [6.07, 6.45) is 1.63. The lowest BCUT2D eigenvalue weighted by Gasteiger charge is -2.10. The molecule has 1 aromatic carbocycles. The molecule has 1 aromatic rings. The van der Waals surface area contributed by atoms with E-state index in [2.05, 4.69) is 19.1 Å². The van der Waals surface area contributed by atoms with Gasteiger partial charge in [0, 0.05) is 12.3 Å². The maximum atomic E-state index is 11.6. The minimum Gasteiger partial charge on any atom is -0.299 e. The van der Waals surface area contributed by atoms with Crippen molar-refractivity contribution < 1.29 is 4.79 Å². The van der Waals surface area contributed by atoms with Gasteiger partial charge >= 0.3 is 0 Å². The summed E-state index contributed by atoms with van der Waals surface area (Å²) in [6, 6.07) is 8.22. The van der Waals surface area contributed by atoms with E-state index in [-0.39, 0.29) is 5.92 Å². The highest BCUT2D eigenvalue weighted by atomic mass is 16.1. The van der Waals surface area contributed by atoms with Gasteiger partial charge < -0.3 is 0 Å². The number of carbonyl (C=O) groups is 1. The van der Waals surface area contributed by atoms with E-state index in [1.54, 1.807) is 0 Å². The monoisotopic (exact) mass is 190 g/mol. The van der Waals surface area contributed by atoms with Crippen LogP contribution < -0.4 is 0 Å². The standard InChI is InChI=1S/C13H18O/c1-4-5-13(14)11(3)12-8-6-10(2)7-9-12/h6-9,11H,4-5H2,1-3H3. The summed E-state index contributed by atoms with van der Waals surface area (Å²) in [7, 11) is 0. The van der Waals surface area contributed by atoms with Crippen molar-refractivity contribution in [2.75, 3.05) is 0 Å². The van der Waals surface area contributed by atoms with Gasteiger partial charge in [0.2, 0.25) is 0 Å². The minimum atomic E-state index is 0.0514. The molecular weight excluding hydrogens is 172 g/mol. The van der Waals surface area contributed by atoms with Gasteiger partial charge in [-0.2, -0.15) is 0 Å². The second kappa shape index (κ2) is 4.94. The van der Waals surface area contributed by atoms with E-state index in [4.69, 9.17) is 0 Å². The third-order valence-corrected chi connectivity index (χ3v) is 2.56. The molecule has 0 aromatic heterocycles. The topological polar surface area (TPSA) is 17.1 Å². The van der Waals surface area contributed by atoms with Crippen molar-refractivity contribution >= 4 is 5.78 Å². The molecule has 0 saturated carbocycles. The molecule has 1 nitrogen and oxygen atoms in total. The zero-order chi connectivity index (χ0) is 10.6. The summed E-state index contributed by atoms with van der Waals surface area (Å²) in [6.45, 7) is 6.09. The summed E-state index contributed by atoms with van der Waals surface area (Å²) in [5.74, 6) is 0.395. The van der Waals surface area contributed by atoms with Crippen molar-refractivity contribution in [2.45, 2.75) is 39.5 Å². The summed E-state index contributed by atoms with van der Waals surface area (Å²) in [5.41, 5.74) is 2.37. The van der Waals surface area contributed by atoms with Crippen LogP contribution in [0.25, 0.3) is 0 Å². The van der Waals surface area contributed by atoms with Crippen LogP contribution in [0.5, 0.6) is 0 Å². The van der Waals surface area contributed by atoms with E-state index in [9.17, 15) is 4.79 Å². The number of Topliss-reactive ketones (excluding diaryl/α,β-unsaturated/α-hetero) is 1. The van der Waals surface area contributed by atoms with E-state index in [1.807, 2.05) is 26.0 Å². The van der Waals surface area contributed by atoms with Gasteiger partial charge in [-0.15, -0.1) is 0 Å². The largest absolute Gasteiger partial charge is 0.299 e. The first-order valence-electron chi connectivity index (χ1n) is 5.24. The molecule has 0 N–H and O–H groups in total. The fraction of sp³-hybridized carbons (Fsp3) is 0.462. The van der Waals surface area contributed by atoms with Crippen LogP contribution in [-0.4, -0.2) is 5.78 Å². The minimum absolute atomic E-state index is 0.0514. The molecule has 1 heteroatoms. The molecule has 1 unspecified atom stereocenters. The first kappa shape index (κ1) is 11.0. The first-order chi connectivity index (χ1) is 6.65. The second-order valence-corrected chi connectivity index (χ2v) is 3.85. The van der Waals surface area contributed by atoms with Crippen molar-refractivity contribution in [2.24, 2.45) is 0 Å². The number of aryl methyl sites for hydroxylation is 1. The van der Waals surface area contributed by atoms with Crippen LogP contribution in [0.4, 0.5) is 0 Å². The number of carbonyl (C=O) groups excluding carboxylic acids is 1. The van der Waals surface area contributed by atoms with Crippen molar-refractivity contribution in [1.82, 2.24) is 0 Å². The lowest BCUT2D eigenvalue weighted by Crippen LogP contribution is -2.08. The van der Waals surface area contributed by atoms with Crippen LogP contribution in [0.3, 0.4) is 0 Å². The van der Waals surface area contributed by atoms with Gasteiger partial charge in [-0.25, -0.2) is 0 Å². The van der Waals surface area contributed by atoms with Crippen molar-refractivity contribution in [1.29, 1.82) is 0 Å². The Morgan fingerprint density at radius 2 is 1.86 bits per heavy atom. The Morgan fingerprint density at radius 1 is 1.29 bits per heavy atom. The quantitative estimate of drug-likeness (QED) is 0.710. The van der Waals surface area contributed by atoms with Crippen LogP contribution in [0.15, 0.2) is 24.3 Å². The van der Waals surface area contributed by atoms with Crippen LogP contribution in [0.1, 0.15) is 43.7 Å². The third-order valence-electron chi connectivity index (χ3n) is 2.56. The Hall–Kier alpha value is -1.11. The number of hydrogen-bond acceptors (Lipinski definition) is 1. The van der Waals surface area contributed by atoms with Crippen LogP contribution in [0, 0.1) is 6.92 Å². The Bertz CT molecular complexity index is 298. The van der Waals surface area contributed by atoms with Gasteiger partial charge in [0.05, 0.1) is 0 Å². The van der Waals surface area contributed by atoms with Crippen LogP contribution in [-0.2, 0) is 4.79 Å². The second-order valence-electron chi connectivity index (χ2n) is 3.85. The SMILES string of the molecule is CCCC(=O)C(C)c1ccc(C)cc1. The van der Waals surface area contributed by atoms with Crippen molar-refractivity contribution in [3.8, 4) is 0 Å². The lowest BCUT2D eigenvalue weighted by molar-refractivity contribution is -0.120. The molecule has 14 heavy (non-hydrogen) atoms. The van der Waals surface area contributed by atoms with E-state index < -0.39 is 0 Å². The van der Waals surface area contributed by atoms with Crippen LogP contribution >= 0.6 is 0 Å². The zero-order valence-corrected chi connectivity index (χ0v) is 9.21. The molecule has 0 aliphatic rings. The summed E-state index contributed by atoms with van der Waals surface area (Å²) in [4.78, 5) is 11.6. The Balaban J connectivity index is 2.73. The molecule has 0 saturated heterocycles. The molecular formula is C13H18O. The molecule has 0 bridgehead atoms. The molecule has 0 fully saturated rings. The number of hydrogen-bond donors (Lipinski definition) is 0. The Kier molecular flexibility index (Phi) is 3.87. The molecule has 1 rings (SSSR count). The smallest absolute Gasteiger partial charge is 0.140 e. The van der Waals surface area contributed by atoms with Gasteiger partial charge in [0.1, 0.15) is 5.78 Å². The number of ketones is 1. The number of benzene rings is 1. The van der Waals surface area contributed by atoms with Crippen LogP contribution in [0.2, 0.25) is 0 Å². The summed E-state index contributed by atoms with van der Waals surface area (Å²) >= 11 is 0. The first-order valence-corrected chi connectivity index (χ1v) is 5.24. The predicted octanol–water partition coefficient (Wildman–Crippen LogP) is 3.47. The molecule has 0 heterocycles. The highest BCUT2D eigenvalue weighted by molar-refractivity contribution is 5.85. The Labute approximate surface area is 86.1 Å². The molecule has 76 valence electrons. The van der Waals surface area contributed by atoms with Gasteiger partial charge in [0.25, 0.3) is 0 Å². The molecule has 0 spiro atoms. The van der Waals surface area contributed by atoms with Gasteiger partial charge in [-0.1, -0.05) is 43.7 Å². The van der Waals surface area contributed by atoms with E-state index in [0.29, 0.717) is 12.2 Å². The third kappa shape index (κ3) is 2.69. The van der Waals surface area contributed by atoms with E-state index in [0.717, 1.165) is 12.0 Å². The highest BCUT2D eigenvalue weighted by Crippen LogP contribution is 2.18. The normalized spacial score (nSPS) is 12.5. The van der Waals surface area contributed by atoms with Gasteiger partial charge in [0.15, 0.2) is 0 Å². The molecule has 0 amide bonds. The fourth-order valence-electron chi connectivity index (χ4n) is 1.50. The lowest BCUT2D eigenvalue weighted by atomic mass is 9.94. The maximum absolute atomic E-state index is 11.6. The maximum Gasteiger partial charge on any atom is 0.140 e. The van der Waals surface area contributed by atoms with Gasteiger partial charge in [-0.3, -0.25) is 4.79 Å². The average molecular weight is 190 g/mol. The predicted molar refractivity (Wildman–Crippen MR) is 59.5 cm³/mol. The molecule has 0 aliphatic carbocycles. The summed E-state index contributed by atoms with van der Waals surface area (Å²) < 4.78 is 0. The van der Waals surface area contributed by atoms with Crippen molar-refractivity contribution in [3.63, 3.8) is 0 Å². The molecule has 1 atom stereocenters. The average Bonchev–Trinajstić information content (AvgIpc) is 2.18. The highest BCUT2D eigenvalue weighted by Gasteiger charge is 2.13. The van der Waals surface area contributed by atoms with E-state index in [1.165, 1.54) is 5.56 Å². The summed E-state index contributed by atoms with van der Waals surface area (Å²) in [5, 5.41) is 0. The molecule has 0 aliphatic heterocycles. The fourth-order valence-corrected chi connectivity index (χ4v) is 1.50. The van der Waals surface area contributed by atoms with E-state index >= 15 is 0 Å². The molecule has 0 radical (unpaired) electrons. The van der Waals surface area contributed by atoms with Gasteiger partial charge in [-0.05, 0) is 18.9 Å². The zero-order valence-electron chi connectivity index (χ0n) is 9.21. The Morgan fingerprint density at radius 3 is 2.36 bits per heavy atom.